The molecule has 0 saturated carbocycles. The van der Waals surface area contributed by atoms with Crippen LogP contribution in [-0.4, -0.2) is 24.6 Å². The van der Waals surface area contributed by atoms with E-state index in [9.17, 15) is 0 Å². The molecule has 0 radical (unpaired) electrons. The molecule has 84 valence electrons. The Kier molecular flexibility index (Phi) is 2.38. The Labute approximate surface area is 97.4 Å². The van der Waals surface area contributed by atoms with Crippen molar-refractivity contribution in [3.8, 4) is 0 Å². The summed E-state index contributed by atoms with van der Waals surface area (Å²) in [5.74, 6) is 0.717. The first kappa shape index (κ1) is 9.71. The van der Waals surface area contributed by atoms with Gasteiger partial charge in [-0.3, -0.25) is 9.38 Å². The number of nitrogens with zero attached hydrogens (tertiary/aromatic N) is 5. The van der Waals surface area contributed by atoms with Crippen LogP contribution in [0, 0.1) is 0 Å². The number of aromatic nitrogens is 5. The van der Waals surface area contributed by atoms with E-state index in [1.807, 2.05) is 28.9 Å². The normalized spacial score (nSPS) is 10.6. The highest BCUT2D eigenvalue weighted by molar-refractivity contribution is 5.61. The lowest BCUT2D eigenvalue weighted by Gasteiger charge is -2.05. The minimum atomic E-state index is 0.660. The lowest BCUT2D eigenvalue weighted by atomic mass is 10.3. The number of hydrogen-bond acceptors (Lipinski definition) is 5. The van der Waals surface area contributed by atoms with Crippen molar-refractivity contribution < 1.29 is 0 Å². The van der Waals surface area contributed by atoms with E-state index in [0.717, 1.165) is 11.2 Å². The van der Waals surface area contributed by atoms with Gasteiger partial charge in [-0.2, -0.15) is 0 Å². The largest absolute Gasteiger partial charge is 0.363 e. The van der Waals surface area contributed by atoms with Crippen molar-refractivity contribution in [2.45, 2.75) is 6.54 Å². The van der Waals surface area contributed by atoms with Crippen molar-refractivity contribution in [1.82, 2.24) is 24.6 Å². The van der Waals surface area contributed by atoms with Crippen molar-refractivity contribution in [1.29, 1.82) is 0 Å². The Hall–Kier alpha value is -2.50. The van der Waals surface area contributed by atoms with Crippen molar-refractivity contribution in [2.24, 2.45) is 0 Å². The second-order valence-electron chi connectivity index (χ2n) is 3.55. The first-order valence-electron chi connectivity index (χ1n) is 5.20. The molecular weight excluding hydrogens is 216 g/mol. The summed E-state index contributed by atoms with van der Waals surface area (Å²) < 4.78 is 1.82. The van der Waals surface area contributed by atoms with Crippen LogP contribution in [0.3, 0.4) is 0 Å². The highest BCUT2D eigenvalue weighted by atomic mass is 15.2. The van der Waals surface area contributed by atoms with Gasteiger partial charge in [0.15, 0.2) is 5.82 Å². The zero-order valence-electron chi connectivity index (χ0n) is 8.98. The molecule has 0 fully saturated rings. The van der Waals surface area contributed by atoms with Crippen molar-refractivity contribution in [3.63, 3.8) is 0 Å². The Morgan fingerprint density at radius 2 is 2.29 bits per heavy atom. The maximum absolute atomic E-state index is 4.24. The molecule has 17 heavy (non-hydrogen) atoms. The van der Waals surface area contributed by atoms with E-state index in [2.05, 4.69) is 25.5 Å². The van der Waals surface area contributed by atoms with Gasteiger partial charge < -0.3 is 5.32 Å². The van der Waals surface area contributed by atoms with Gasteiger partial charge in [0.1, 0.15) is 6.33 Å². The molecule has 0 aromatic carbocycles. The predicted octanol–water partition coefficient (Wildman–Crippen LogP) is 1.13. The quantitative estimate of drug-likeness (QED) is 0.725. The molecule has 3 aromatic rings. The molecule has 6 nitrogen and oxygen atoms in total. The van der Waals surface area contributed by atoms with Gasteiger partial charge in [0.05, 0.1) is 0 Å². The van der Waals surface area contributed by atoms with Crippen LogP contribution in [0.1, 0.15) is 5.56 Å². The second kappa shape index (κ2) is 4.17. The van der Waals surface area contributed by atoms with Gasteiger partial charge in [0.2, 0.25) is 5.65 Å². The summed E-state index contributed by atoms with van der Waals surface area (Å²) in [4.78, 5) is 8.30. The van der Waals surface area contributed by atoms with Gasteiger partial charge in [-0.05, 0) is 11.6 Å². The fourth-order valence-corrected chi connectivity index (χ4v) is 1.57. The highest BCUT2D eigenvalue weighted by Gasteiger charge is 2.03. The summed E-state index contributed by atoms with van der Waals surface area (Å²) in [6.45, 7) is 0.660. The van der Waals surface area contributed by atoms with Crippen LogP contribution < -0.4 is 5.32 Å². The van der Waals surface area contributed by atoms with E-state index in [-0.39, 0.29) is 0 Å². The van der Waals surface area contributed by atoms with Crippen LogP contribution in [0.15, 0.2) is 43.2 Å². The summed E-state index contributed by atoms with van der Waals surface area (Å²) in [5.41, 5.74) is 1.81. The summed E-state index contributed by atoms with van der Waals surface area (Å²) in [6, 6.07) is 3.91. The molecule has 0 aliphatic carbocycles. The molecule has 0 spiro atoms. The molecule has 3 aromatic heterocycles. The Bertz CT molecular complexity index is 618. The van der Waals surface area contributed by atoms with E-state index in [1.54, 1.807) is 18.7 Å². The van der Waals surface area contributed by atoms with Gasteiger partial charge in [-0.25, -0.2) is 4.98 Å². The van der Waals surface area contributed by atoms with E-state index in [4.69, 9.17) is 0 Å². The van der Waals surface area contributed by atoms with Crippen LogP contribution in [0.25, 0.3) is 5.65 Å². The van der Waals surface area contributed by atoms with Crippen LogP contribution in [0.5, 0.6) is 0 Å². The Balaban J connectivity index is 1.84. The molecule has 3 heterocycles. The van der Waals surface area contributed by atoms with Crippen molar-refractivity contribution in [3.05, 3.63) is 48.8 Å². The number of hydrogen-bond donors (Lipinski definition) is 1. The van der Waals surface area contributed by atoms with Gasteiger partial charge >= 0.3 is 0 Å². The molecule has 0 unspecified atom stereocenters. The molecule has 0 aliphatic heterocycles. The molecule has 3 rings (SSSR count). The molecule has 6 heteroatoms. The third kappa shape index (κ3) is 1.92. The highest BCUT2D eigenvalue weighted by Crippen LogP contribution is 2.10. The van der Waals surface area contributed by atoms with E-state index in [0.29, 0.717) is 12.4 Å². The maximum Gasteiger partial charge on any atom is 0.203 e. The van der Waals surface area contributed by atoms with Crippen LogP contribution in [-0.2, 0) is 6.54 Å². The summed E-state index contributed by atoms with van der Waals surface area (Å²) in [7, 11) is 0. The van der Waals surface area contributed by atoms with Gasteiger partial charge in [0.25, 0.3) is 0 Å². The predicted molar refractivity (Wildman–Crippen MR) is 62.3 cm³/mol. The monoisotopic (exact) mass is 226 g/mol. The third-order valence-corrected chi connectivity index (χ3v) is 2.40. The molecular formula is C11H10N6. The molecule has 0 amide bonds. The second-order valence-corrected chi connectivity index (χ2v) is 3.55. The molecule has 0 atom stereocenters. The van der Waals surface area contributed by atoms with E-state index in [1.165, 1.54) is 0 Å². The summed E-state index contributed by atoms with van der Waals surface area (Å²) >= 11 is 0. The molecule has 1 N–H and O–H groups in total. The average Bonchev–Trinajstić information content (AvgIpc) is 2.86. The number of fused-ring (bicyclic) bond motifs is 1. The maximum atomic E-state index is 4.24. The lowest BCUT2D eigenvalue weighted by Crippen LogP contribution is -2.03. The minimum absolute atomic E-state index is 0.660. The summed E-state index contributed by atoms with van der Waals surface area (Å²) in [6.07, 6.45) is 8.73. The molecule has 0 saturated heterocycles. The number of rotatable bonds is 3. The summed E-state index contributed by atoms with van der Waals surface area (Å²) in [5, 5.41) is 11.1. The number of nitrogens with one attached hydrogen (secondary N) is 1. The van der Waals surface area contributed by atoms with Gasteiger partial charge in [0, 0.05) is 31.3 Å². The molecule has 0 bridgehead atoms. The average molecular weight is 226 g/mol. The zero-order valence-corrected chi connectivity index (χ0v) is 8.98. The number of pyridine rings is 1. The standard InChI is InChI=1S/C11H10N6/c1-2-9(6-12-3-1)7-14-10-11-16-15-8-17(11)5-4-13-10/h1-6,8H,7H2,(H,13,14). The fourth-order valence-electron chi connectivity index (χ4n) is 1.57. The van der Waals surface area contributed by atoms with Crippen LogP contribution in [0.4, 0.5) is 5.82 Å². The third-order valence-electron chi connectivity index (χ3n) is 2.40. The van der Waals surface area contributed by atoms with Gasteiger partial charge in [-0.15, -0.1) is 10.2 Å². The van der Waals surface area contributed by atoms with Crippen LogP contribution >= 0.6 is 0 Å². The van der Waals surface area contributed by atoms with E-state index < -0.39 is 0 Å². The fraction of sp³-hybridized carbons (Fsp3) is 0.0909. The lowest BCUT2D eigenvalue weighted by molar-refractivity contribution is 1.06. The van der Waals surface area contributed by atoms with Crippen molar-refractivity contribution >= 4 is 11.5 Å². The SMILES string of the molecule is c1cncc(CNc2nccn3cnnc23)c1. The molecule has 0 aliphatic rings. The topological polar surface area (TPSA) is 68.0 Å². The first-order valence-corrected chi connectivity index (χ1v) is 5.20. The van der Waals surface area contributed by atoms with E-state index >= 15 is 0 Å². The van der Waals surface area contributed by atoms with Crippen LogP contribution in [0.2, 0.25) is 0 Å². The Morgan fingerprint density at radius 3 is 3.18 bits per heavy atom. The first-order chi connectivity index (χ1) is 8.43. The van der Waals surface area contributed by atoms with Gasteiger partial charge in [-0.1, -0.05) is 6.07 Å². The Morgan fingerprint density at radius 1 is 1.29 bits per heavy atom. The van der Waals surface area contributed by atoms with Crippen molar-refractivity contribution in [2.75, 3.05) is 5.32 Å². The smallest absolute Gasteiger partial charge is 0.203 e. The minimum Gasteiger partial charge on any atom is -0.363 e. The zero-order chi connectivity index (χ0) is 11.5. The number of anilines is 1.